The Balaban J connectivity index is 2.73. The van der Waals surface area contributed by atoms with Crippen molar-refractivity contribution in [3.05, 3.63) is 41.0 Å². The van der Waals surface area contributed by atoms with Crippen molar-refractivity contribution >= 4 is 11.9 Å². The molecule has 0 unspecified atom stereocenters. The number of esters is 2. The third kappa shape index (κ3) is 4.11. The van der Waals surface area contributed by atoms with Gasteiger partial charge in [-0.05, 0) is 30.7 Å². The van der Waals surface area contributed by atoms with Gasteiger partial charge in [-0.25, -0.2) is 9.59 Å². The molecule has 0 aliphatic heterocycles. The number of aryl methyl sites for hydroxylation is 1. The summed E-state index contributed by atoms with van der Waals surface area (Å²) in [6, 6.07) is 6.30. The molecule has 2 aromatic carbocycles. The first-order valence-electron chi connectivity index (χ1n) is 8.19. The number of benzene rings is 2. The summed E-state index contributed by atoms with van der Waals surface area (Å²) in [5, 5.41) is 0. The van der Waals surface area contributed by atoms with Crippen LogP contribution in [-0.4, -0.2) is 47.5 Å². The minimum atomic E-state index is -0.661. The van der Waals surface area contributed by atoms with E-state index >= 15 is 0 Å². The van der Waals surface area contributed by atoms with E-state index in [1.165, 1.54) is 41.6 Å². The fourth-order valence-electron chi connectivity index (χ4n) is 2.59. The number of hydrogen-bond donors (Lipinski definition) is 0. The number of carbonyl (C=O) groups is 2. The molecule has 0 bridgehead atoms. The number of carbonyl (C=O) groups excluding carboxylic acids is 2. The predicted molar refractivity (Wildman–Crippen MR) is 100 cm³/mol. The van der Waals surface area contributed by atoms with Crippen LogP contribution in [0.1, 0.15) is 26.3 Å². The quantitative estimate of drug-likeness (QED) is 0.665. The Labute approximate surface area is 162 Å². The van der Waals surface area contributed by atoms with Crippen molar-refractivity contribution in [1.29, 1.82) is 0 Å². The maximum Gasteiger partial charge on any atom is 0.345 e. The minimum absolute atomic E-state index is 0.0629. The van der Waals surface area contributed by atoms with Crippen LogP contribution in [0.4, 0.5) is 0 Å². The zero-order valence-electron chi connectivity index (χ0n) is 16.6. The van der Waals surface area contributed by atoms with Crippen LogP contribution in [-0.2, 0) is 9.47 Å². The molecular weight excluding hydrogens is 368 g/mol. The summed E-state index contributed by atoms with van der Waals surface area (Å²) in [6.45, 7) is 1.81. The van der Waals surface area contributed by atoms with Crippen molar-refractivity contribution in [2.45, 2.75) is 6.92 Å². The fourth-order valence-corrected chi connectivity index (χ4v) is 2.59. The van der Waals surface area contributed by atoms with Gasteiger partial charge in [0.25, 0.3) is 0 Å². The largest absolute Gasteiger partial charge is 0.497 e. The molecule has 0 atom stereocenters. The van der Waals surface area contributed by atoms with Crippen LogP contribution >= 0.6 is 0 Å². The van der Waals surface area contributed by atoms with E-state index in [2.05, 4.69) is 0 Å². The van der Waals surface area contributed by atoms with Crippen molar-refractivity contribution in [2.24, 2.45) is 0 Å². The van der Waals surface area contributed by atoms with Crippen molar-refractivity contribution < 1.29 is 38.0 Å². The molecule has 0 saturated carbocycles. The first-order chi connectivity index (χ1) is 13.4. The SMILES string of the molecule is COC(=O)c1cc(OC)cc(OC)c1Oc1cc(C)cc(OC)c1C(=O)OC. The maximum absolute atomic E-state index is 12.3. The Kier molecular flexibility index (Phi) is 6.70. The topological polar surface area (TPSA) is 89.5 Å². The molecule has 0 saturated heterocycles. The van der Waals surface area contributed by atoms with Gasteiger partial charge in [-0.3, -0.25) is 0 Å². The molecule has 0 fully saturated rings. The summed E-state index contributed by atoms with van der Waals surface area (Å²) in [5.41, 5.74) is 0.908. The van der Waals surface area contributed by atoms with Crippen LogP contribution in [0.15, 0.2) is 24.3 Å². The van der Waals surface area contributed by atoms with E-state index in [9.17, 15) is 9.59 Å². The zero-order chi connectivity index (χ0) is 20.8. The predicted octanol–water partition coefficient (Wildman–Crippen LogP) is 3.39. The van der Waals surface area contributed by atoms with E-state index in [0.29, 0.717) is 5.75 Å². The molecule has 0 heterocycles. The van der Waals surface area contributed by atoms with Crippen molar-refractivity contribution in [3.8, 4) is 28.7 Å². The van der Waals surface area contributed by atoms with Gasteiger partial charge in [0.15, 0.2) is 11.5 Å². The summed E-state index contributed by atoms with van der Waals surface area (Å²) in [7, 11) is 6.80. The van der Waals surface area contributed by atoms with E-state index in [1.54, 1.807) is 18.2 Å². The van der Waals surface area contributed by atoms with E-state index < -0.39 is 11.9 Å². The van der Waals surface area contributed by atoms with Gasteiger partial charge in [-0.2, -0.15) is 0 Å². The van der Waals surface area contributed by atoms with Crippen molar-refractivity contribution in [3.63, 3.8) is 0 Å². The van der Waals surface area contributed by atoms with Crippen LogP contribution < -0.4 is 18.9 Å². The Morgan fingerprint density at radius 3 is 1.86 bits per heavy atom. The lowest BCUT2D eigenvalue weighted by Crippen LogP contribution is -2.10. The number of ether oxygens (including phenoxy) is 6. The molecule has 0 aliphatic rings. The van der Waals surface area contributed by atoms with E-state index in [1.807, 2.05) is 6.92 Å². The van der Waals surface area contributed by atoms with Crippen LogP contribution in [0.3, 0.4) is 0 Å². The van der Waals surface area contributed by atoms with E-state index in [0.717, 1.165) is 5.56 Å². The maximum atomic E-state index is 12.3. The van der Waals surface area contributed by atoms with Gasteiger partial charge in [-0.15, -0.1) is 0 Å². The number of hydrogen-bond acceptors (Lipinski definition) is 8. The summed E-state index contributed by atoms with van der Waals surface area (Å²) in [5.74, 6) is -0.250. The zero-order valence-corrected chi connectivity index (χ0v) is 16.6. The van der Waals surface area contributed by atoms with Crippen LogP contribution in [0.2, 0.25) is 0 Å². The second kappa shape index (κ2) is 8.98. The second-order valence-electron chi connectivity index (χ2n) is 5.63. The normalized spacial score (nSPS) is 10.1. The van der Waals surface area contributed by atoms with Gasteiger partial charge in [0, 0.05) is 6.07 Å². The average Bonchev–Trinajstić information content (AvgIpc) is 2.71. The van der Waals surface area contributed by atoms with Gasteiger partial charge in [-0.1, -0.05) is 0 Å². The summed E-state index contributed by atoms with van der Waals surface area (Å²) < 4.78 is 31.5. The highest BCUT2D eigenvalue weighted by molar-refractivity contribution is 5.97. The molecule has 2 rings (SSSR count). The number of methoxy groups -OCH3 is 5. The molecule has 150 valence electrons. The minimum Gasteiger partial charge on any atom is -0.497 e. The lowest BCUT2D eigenvalue weighted by Gasteiger charge is -2.18. The van der Waals surface area contributed by atoms with Crippen LogP contribution in [0.5, 0.6) is 28.7 Å². The van der Waals surface area contributed by atoms with Gasteiger partial charge < -0.3 is 28.4 Å². The van der Waals surface area contributed by atoms with Crippen molar-refractivity contribution in [1.82, 2.24) is 0 Å². The molecule has 8 heteroatoms. The number of rotatable bonds is 7. The highest BCUT2D eigenvalue weighted by Gasteiger charge is 2.26. The average molecular weight is 390 g/mol. The first kappa shape index (κ1) is 20.9. The second-order valence-corrected chi connectivity index (χ2v) is 5.63. The molecule has 0 aliphatic carbocycles. The molecular formula is C20H22O8. The molecule has 2 aromatic rings. The summed E-state index contributed by atoms with van der Waals surface area (Å²) >= 11 is 0. The third-order valence-electron chi connectivity index (χ3n) is 3.92. The molecule has 28 heavy (non-hydrogen) atoms. The molecule has 8 nitrogen and oxygen atoms in total. The van der Waals surface area contributed by atoms with Gasteiger partial charge in [0.2, 0.25) is 0 Å². The summed E-state index contributed by atoms with van der Waals surface area (Å²) in [6.07, 6.45) is 0. The standard InChI is InChI=1S/C20H22O8/c1-11-7-14(24-3)17(20(22)27-6)15(8-11)28-18-13(19(21)26-5)9-12(23-2)10-16(18)25-4/h7-10H,1-6H3. The molecule has 0 aromatic heterocycles. The monoisotopic (exact) mass is 390 g/mol. The fraction of sp³-hybridized carbons (Fsp3) is 0.300. The molecule has 0 radical (unpaired) electrons. The molecule has 0 N–H and O–H groups in total. The van der Waals surface area contributed by atoms with Crippen LogP contribution in [0, 0.1) is 6.92 Å². The Morgan fingerprint density at radius 2 is 1.32 bits per heavy atom. The smallest absolute Gasteiger partial charge is 0.345 e. The lowest BCUT2D eigenvalue weighted by molar-refractivity contribution is 0.0591. The van der Waals surface area contributed by atoms with Gasteiger partial charge >= 0.3 is 11.9 Å². The Bertz CT molecular complexity index is 888. The third-order valence-corrected chi connectivity index (χ3v) is 3.92. The van der Waals surface area contributed by atoms with E-state index in [4.69, 9.17) is 28.4 Å². The van der Waals surface area contributed by atoms with Crippen LogP contribution in [0.25, 0.3) is 0 Å². The van der Waals surface area contributed by atoms with E-state index in [-0.39, 0.29) is 34.1 Å². The molecule has 0 amide bonds. The first-order valence-corrected chi connectivity index (χ1v) is 8.19. The van der Waals surface area contributed by atoms with Gasteiger partial charge in [0.1, 0.15) is 28.4 Å². The Morgan fingerprint density at radius 1 is 0.714 bits per heavy atom. The molecule has 0 spiro atoms. The summed E-state index contributed by atoms with van der Waals surface area (Å²) in [4.78, 5) is 24.6. The Hall–Kier alpha value is -3.42. The lowest BCUT2D eigenvalue weighted by atomic mass is 10.1. The highest BCUT2D eigenvalue weighted by Crippen LogP contribution is 2.42. The van der Waals surface area contributed by atoms with Crippen molar-refractivity contribution in [2.75, 3.05) is 35.5 Å². The van der Waals surface area contributed by atoms with Gasteiger partial charge in [0.05, 0.1) is 35.5 Å². The highest BCUT2D eigenvalue weighted by atomic mass is 16.5.